The molecule has 0 radical (unpaired) electrons. The predicted octanol–water partition coefficient (Wildman–Crippen LogP) is 1.90. The van der Waals surface area contributed by atoms with E-state index in [-0.39, 0.29) is 13.0 Å². The van der Waals surface area contributed by atoms with Crippen LogP contribution in [0.3, 0.4) is 0 Å². The van der Waals surface area contributed by atoms with Gasteiger partial charge in [0.15, 0.2) is 0 Å². The van der Waals surface area contributed by atoms with Crippen molar-refractivity contribution in [3.8, 4) is 0 Å². The molecule has 0 atom stereocenters. The SMILES string of the molecule is Cc1nc(=O)n(CCC(=O)O)c2cc(Cl)c(N(C)C)cc12. The Labute approximate surface area is 126 Å². The normalized spacial score (nSPS) is 10.9. The Balaban J connectivity index is 2.72. The van der Waals surface area contributed by atoms with Gasteiger partial charge >= 0.3 is 11.7 Å². The fourth-order valence-electron chi connectivity index (χ4n) is 2.20. The average Bonchev–Trinajstić information content (AvgIpc) is 2.36. The summed E-state index contributed by atoms with van der Waals surface area (Å²) in [7, 11) is 3.74. The van der Waals surface area contributed by atoms with Crippen LogP contribution in [0.1, 0.15) is 12.1 Å². The van der Waals surface area contributed by atoms with E-state index in [1.165, 1.54) is 4.57 Å². The lowest BCUT2D eigenvalue weighted by atomic mass is 10.1. The van der Waals surface area contributed by atoms with Crippen LogP contribution in [-0.4, -0.2) is 34.7 Å². The highest BCUT2D eigenvalue weighted by molar-refractivity contribution is 6.34. The van der Waals surface area contributed by atoms with E-state index in [2.05, 4.69) is 4.98 Å². The summed E-state index contributed by atoms with van der Waals surface area (Å²) >= 11 is 6.24. The molecule has 0 aliphatic rings. The van der Waals surface area contributed by atoms with Gasteiger partial charge in [0.25, 0.3) is 0 Å². The number of nitrogens with zero attached hydrogens (tertiary/aromatic N) is 3. The van der Waals surface area contributed by atoms with Crippen LogP contribution in [0.25, 0.3) is 10.9 Å². The lowest BCUT2D eigenvalue weighted by Gasteiger charge is -2.17. The molecule has 0 spiro atoms. The summed E-state index contributed by atoms with van der Waals surface area (Å²) in [5.41, 5.74) is 1.55. The molecule has 1 heterocycles. The van der Waals surface area contributed by atoms with Gasteiger partial charge in [0, 0.05) is 26.0 Å². The molecule has 2 rings (SSSR count). The summed E-state index contributed by atoms with van der Waals surface area (Å²) in [5, 5.41) is 10.1. The molecule has 0 aliphatic heterocycles. The van der Waals surface area contributed by atoms with Crippen LogP contribution in [0.4, 0.5) is 5.69 Å². The van der Waals surface area contributed by atoms with Crippen molar-refractivity contribution in [2.75, 3.05) is 19.0 Å². The summed E-state index contributed by atoms with van der Waals surface area (Å²) in [6.07, 6.45) is -0.146. The quantitative estimate of drug-likeness (QED) is 0.933. The maximum Gasteiger partial charge on any atom is 0.348 e. The lowest BCUT2D eigenvalue weighted by molar-refractivity contribution is -0.137. The van der Waals surface area contributed by atoms with E-state index in [1.54, 1.807) is 13.0 Å². The Kier molecular flexibility index (Phi) is 4.18. The summed E-state index contributed by atoms with van der Waals surface area (Å²) in [4.78, 5) is 28.6. The fourth-order valence-corrected chi connectivity index (χ4v) is 2.52. The molecule has 0 saturated heterocycles. The second kappa shape index (κ2) is 5.73. The third-order valence-corrected chi connectivity index (χ3v) is 3.57. The van der Waals surface area contributed by atoms with Crippen LogP contribution in [-0.2, 0) is 11.3 Å². The van der Waals surface area contributed by atoms with Gasteiger partial charge in [-0.2, -0.15) is 4.98 Å². The van der Waals surface area contributed by atoms with Crippen molar-refractivity contribution in [1.29, 1.82) is 0 Å². The van der Waals surface area contributed by atoms with Gasteiger partial charge in [-0.3, -0.25) is 9.36 Å². The van der Waals surface area contributed by atoms with E-state index in [0.29, 0.717) is 16.2 Å². The third kappa shape index (κ3) is 3.00. The maximum atomic E-state index is 12.0. The minimum absolute atomic E-state index is 0.0651. The van der Waals surface area contributed by atoms with E-state index in [1.807, 2.05) is 25.1 Å². The van der Waals surface area contributed by atoms with Gasteiger partial charge in [-0.05, 0) is 19.1 Å². The van der Waals surface area contributed by atoms with Crippen LogP contribution in [0, 0.1) is 6.92 Å². The number of aliphatic carboxylic acids is 1. The molecule has 2 aromatic rings. The number of halogens is 1. The molecule has 0 unspecified atom stereocenters. The first-order chi connectivity index (χ1) is 9.81. The molecule has 0 amide bonds. The van der Waals surface area contributed by atoms with Crippen molar-refractivity contribution in [2.45, 2.75) is 19.9 Å². The van der Waals surface area contributed by atoms with Gasteiger partial charge in [0.2, 0.25) is 0 Å². The summed E-state index contributed by atoms with van der Waals surface area (Å²) < 4.78 is 1.35. The van der Waals surface area contributed by atoms with Crippen molar-refractivity contribution in [3.05, 3.63) is 33.3 Å². The average molecular weight is 310 g/mol. The predicted molar refractivity (Wildman–Crippen MR) is 82.3 cm³/mol. The smallest absolute Gasteiger partial charge is 0.348 e. The number of hydrogen-bond acceptors (Lipinski definition) is 4. The molecule has 21 heavy (non-hydrogen) atoms. The van der Waals surface area contributed by atoms with Gasteiger partial charge in [0.1, 0.15) is 0 Å². The maximum absolute atomic E-state index is 12.0. The van der Waals surface area contributed by atoms with Crippen molar-refractivity contribution in [1.82, 2.24) is 9.55 Å². The van der Waals surface area contributed by atoms with Crippen molar-refractivity contribution < 1.29 is 9.90 Å². The minimum Gasteiger partial charge on any atom is -0.481 e. The van der Waals surface area contributed by atoms with Gasteiger partial charge in [-0.25, -0.2) is 4.79 Å². The number of hydrogen-bond donors (Lipinski definition) is 1. The highest BCUT2D eigenvalue weighted by Gasteiger charge is 2.13. The first-order valence-corrected chi connectivity index (χ1v) is 6.79. The van der Waals surface area contributed by atoms with Crippen molar-refractivity contribution >= 4 is 34.2 Å². The Morgan fingerprint density at radius 1 is 1.43 bits per heavy atom. The molecule has 0 aliphatic carbocycles. The number of carbonyl (C=O) groups is 1. The zero-order chi connectivity index (χ0) is 15.7. The zero-order valence-electron chi connectivity index (χ0n) is 12.1. The largest absolute Gasteiger partial charge is 0.481 e. The van der Waals surface area contributed by atoms with Gasteiger partial charge in [0.05, 0.1) is 28.3 Å². The summed E-state index contributed by atoms with van der Waals surface area (Å²) in [5.74, 6) is -0.966. The standard InChI is InChI=1S/C14H16ClN3O3/c1-8-9-6-12(17(2)3)10(15)7-11(9)18(14(21)16-8)5-4-13(19)20/h6-7H,4-5H2,1-3H3,(H,19,20). The van der Waals surface area contributed by atoms with Crippen LogP contribution in [0.15, 0.2) is 16.9 Å². The minimum atomic E-state index is -0.966. The Morgan fingerprint density at radius 2 is 2.10 bits per heavy atom. The first-order valence-electron chi connectivity index (χ1n) is 6.41. The van der Waals surface area contributed by atoms with Crippen molar-refractivity contribution in [3.63, 3.8) is 0 Å². The lowest BCUT2D eigenvalue weighted by Crippen LogP contribution is -2.25. The van der Waals surface area contributed by atoms with Gasteiger partial charge < -0.3 is 10.0 Å². The van der Waals surface area contributed by atoms with E-state index in [0.717, 1.165) is 11.1 Å². The second-order valence-corrected chi connectivity index (χ2v) is 5.40. The number of benzene rings is 1. The number of anilines is 1. The molecule has 1 aromatic carbocycles. The number of rotatable bonds is 4. The summed E-state index contributed by atoms with van der Waals surface area (Å²) in [6.45, 7) is 1.81. The highest BCUT2D eigenvalue weighted by atomic mass is 35.5. The van der Waals surface area contributed by atoms with Crippen LogP contribution in [0.2, 0.25) is 5.02 Å². The summed E-state index contributed by atoms with van der Waals surface area (Å²) in [6, 6.07) is 3.54. The molecule has 1 N–H and O–H groups in total. The van der Waals surface area contributed by atoms with Gasteiger partial charge in [-0.1, -0.05) is 11.6 Å². The Hall–Kier alpha value is -2.08. The highest BCUT2D eigenvalue weighted by Crippen LogP contribution is 2.30. The van der Waals surface area contributed by atoms with Crippen molar-refractivity contribution in [2.24, 2.45) is 0 Å². The molecule has 0 fully saturated rings. The molecule has 0 bridgehead atoms. The Morgan fingerprint density at radius 3 is 2.67 bits per heavy atom. The number of aryl methyl sites for hydroxylation is 2. The Bertz CT molecular complexity index is 768. The third-order valence-electron chi connectivity index (χ3n) is 3.27. The molecule has 7 heteroatoms. The van der Waals surface area contributed by atoms with E-state index < -0.39 is 11.7 Å². The van der Waals surface area contributed by atoms with E-state index in [4.69, 9.17) is 16.7 Å². The molecule has 0 saturated carbocycles. The topological polar surface area (TPSA) is 75.4 Å². The number of carboxylic acid groups (broad SMARTS) is 1. The fraction of sp³-hybridized carbons (Fsp3) is 0.357. The van der Waals surface area contributed by atoms with Crippen LogP contribution < -0.4 is 10.6 Å². The monoisotopic (exact) mass is 309 g/mol. The molecule has 6 nitrogen and oxygen atoms in total. The first kappa shape index (κ1) is 15.3. The second-order valence-electron chi connectivity index (χ2n) is 4.99. The van der Waals surface area contributed by atoms with Gasteiger partial charge in [-0.15, -0.1) is 0 Å². The van der Waals surface area contributed by atoms with Crippen LogP contribution >= 0.6 is 11.6 Å². The number of aromatic nitrogens is 2. The number of carboxylic acids is 1. The zero-order valence-corrected chi connectivity index (χ0v) is 12.8. The van der Waals surface area contributed by atoms with E-state index in [9.17, 15) is 9.59 Å². The molecular formula is C14H16ClN3O3. The number of fused-ring (bicyclic) bond motifs is 1. The van der Waals surface area contributed by atoms with Crippen LogP contribution in [0.5, 0.6) is 0 Å². The molecular weight excluding hydrogens is 294 g/mol. The molecule has 1 aromatic heterocycles. The van der Waals surface area contributed by atoms with E-state index >= 15 is 0 Å². The molecule has 112 valence electrons.